The normalized spacial score (nSPS) is 17.5. The first kappa shape index (κ1) is 8.53. The van der Waals surface area contributed by atoms with Crippen LogP contribution in [0.1, 0.15) is 24.2 Å². The topological polar surface area (TPSA) is 25.8 Å². The highest BCUT2D eigenvalue weighted by atomic mass is 19.3. The molecule has 1 aromatic heterocycles. The molecule has 1 aromatic rings. The average molecular weight is 184 g/mol. The molecule has 0 amide bonds. The van der Waals surface area contributed by atoms with Crippen LogP contribution in [0.2, 0.25) is 0 Å². The van der Waals surface area contributed by atoms with Gasteiger partial charge >= 0.3 is 0 Å². The first-order chi connectivity index (χ1) is 6.10. The summed E-state index contributed by atoms with van der Waals surface area (Å²) in [5.41, 5.74) is 0.468. The van der Waals surface area contributed by atoms with Crippen LogP contribution in [-0.2, 0) is 5.92 Å². The summed E-state index contributed by atoms with van der Waals surface area (Å²) in [6.45, 7) is 1.73. The molecule has 1 aliphatic carbocycles. The van der Waals surface area contributed by atoms with Crippen molar-refractivity contribution in [3.05, 3.63) is 23.5 Å². The Hall–Kier alpha value is -1.06. The fourth-order valence-electron chi connectivity index (χ4n) is 1.23. The van der Waals surface area contributed by atoms with Gasteiger partial charge in [0.25, 0.3) is 5.92 Å². The van der Waals surface area contributed by atoms with E-state index in [4.69, 9.17) is 0 Å². The molecule has 0 radical (unpaired) electrons. The Morgan fingerprint density at radius 2 is 2.00 bits per heavy atom. The van der Waals surface area contributed by atoms with Crippen LogP contribution in [-0.4, -0.2) is 10.2 Å². The van der Waals surface area contributed by atoms with Gasteiger partial charge in [-0.2, -0.15) is 13.9 Å². The molecule has 13 heavy (non-hydrogen) atoms. The lowest BCUT2D eigenvalue weighted by atomic mass is 10.1. The number of hydrogen-bond acceptors (Lipinski definition) is 2. The van der Waals surface area contributed by atoms with Crippen LogP contribution < -0.4 is 0 Å². The third-order valence-electron chi connectivity index (χ3n) is 2.23. The van der Waals surface area contributed by atoms with E-state index in [1.54, 1.807) is 13.0 Å². The molecule has 0 bridgehead atoms. The second-order valence-corrected chi connectivity index (χ2v) is 3.46. The van der Waals surface area contributed by atoms with E-state index in [2.05, 4.69) is 10.2 Å². The van der Waals surface area contributed by atoms with Gasteiger partial charge in [0.2, 0.25) is 0 Å². The zero-order valence-corrected chi connectivity index (χ0v) is 7.30. The van der Waals surface area contributed by atoms with Crippen LogP contribution >= 0.6 is 0 Å². The van der Waals surface area contributed by atoms with Crippen molar-refractivity contribution in [2.75, 3.05) is 0 Å². The van der Waals surface area contributed by atoms with Gasteiger partial charge in [0, 0.05) is 5.92 Å². The van der Waals surface area contributed by atoms with Crippen LogP contribution in [0.15, 0.2) is 12.1 Å². The van der Waals surface area contributed by atoms with Gasteiger partial charge in [-0.05, 0) is 31.9 Å². The van der Waals surface area contributed by atoms with Crippen molar-refractivity contribution in [1.29, 1.82) is 0 Å². The van der Waals surface area contributed by atoms with Gasteiger partial charge in [-0.3, -0.25) is 0 Å². The molecule has 70 valence electrons. The highest BCUT2D eigenvalue weighted by molar-refractivity contribution is 5.13. The second-order valence-electron chi connectivity index (χ2n) is 3.46. The molecule has 1 aliphatic rings. The van der Waals surface area contributed by atoms with E-state index < -0.39 is 11.8 Å². The van der Waals surface area contributed by atoms with Gasteiger partial charge in [0.15, 0.2) is 0 Å². The van der Waals surface area contributed by atoms with E-state index >= 15 is 0 Å². The Kier molecular flexibility index (Phi) is 1.78. The highest BCUT2D eigenvalue weighted by Gasteiger charge is 2.49. The molecule has 0 atom stereocenters. The zero-order valence-electron chi connectivity index (χ0n) is 7.30. The van der Waals surface area contributed by atoms with Gasteiger partial charge in [-0.1, -0.05) is 0 Å². The smallest absolute Gasteiger partial charge is 0.199 e. The van der Waals surface area contributed by atoms with Crippen molar-refractivity contribution in [2.45, 2.75) is 25.7 Å². The lowest BCUT2D eigenvalue weighted by Crippen LogP contribution is -2.18. The Bertz CT molecular complexity index is 304. The Labute approximate surface area is 75.0 Å². The highest BCUT2D eigenvalue weighted by Crippen LogP contribution is 2.48. The largest absolute Gasteiger partial charge is 0.294 e. The molecule has 0 unspecified atom stereocenters. The Morgan fingerprint density at radius 1 is 1.31 bits per heavy atom. The van der Waals surface area contributed by atoms with Crippen LogP contribution in [0.3, 0.4) is 0 Å². The minimum atomic E-state index is -2.78. The van der Waals surface area contributed by atoms with E-state index in [9.17, 15) is 8.78 Å². The molecular formula is C9H10F2N2. The van der Waals surface area contributed by atoms with Gasteiger partial charge in [-0.25, -0.2) is 0 Å². The summed E-state index contributed by atoms with van der Waals surface area (Å²) < 4.78 is 26.7. The summed E-state index contributed by atoms with van der Waals surface area (Å²) in [6.07, 6.45) is 1.20. The Morgan fingerprint density at radius 3 is 2.46 bits per heavy atom. The molecule has 0 spiro atoms. The summed E-state index contributed by atoms with van der Waals surface area (Å²) in [7, 11) is 0. The van der Waals surface area contributed by atoms with E-state index in [-0.39, 0.29) is 5.69 Å². The van der Waals surface area contributed by atoms with Gasteiger partial charge in [-0.15, -0.1) is 5.10 Å². The first-order valence-corrected chi connectivity index (χ1v) is 4.29. The summed E-state index contributed by atoms with van der Waals surface area (Å²) >= 11 is 0. The molecule has 4 heteroatoms. The van der Waals surface area contributed by atoms with Crippen molar-refractivity contribution >= 4 is 0 Å². The fourth-order valence-corrected chi connectivity index (χ4v) is 1.23. The number of halogens is 2. The average Bonchev–Trinajstić information content (AvgIpc) is 2.87. The molecule has 1 heterocycles. The van der Waals surface area contributed by atoms with Crippen molar-refractivity contribution in [3.63, 3.8) is 0 Å². The van der Waals surface area contributed by atoms with Gasteiger partial charge in [0.05, 0.1) is 5.69 Å². The zero-order chi connectivity index (χ0) is 9.47. The molecule has 0 aliphatic heterocycles. The van der Waals surface area contributed by atoms with Crippen LogP contribution in [0, 0.1) is 12.8 Å². The van der Waals surface area contributed by atoms with Crippen LogP contribution in [0.25, 0.3) is 0 Å². The van der Waals surface area contributed by atoms with Crippen molar-refractivity contribution in [3.8, 4) is 0 Å². The standard InChI is InChI=1S/C9H10F2N2/c1-6-2-5-8(13-12-6)9(10,11)7-3-4-7/h2,5,7H,3-4H2,1H3. The van der Waals surface area contributed by atoms with Crippen molar-refractivity contribution in [2.24, 2.45) is 5.92 Å². The molecular weight excluding hydrogens is 174 g/mol. The number of aryl methyl sites for hydroxylation is 1. The summed E-state index contributed by atoms with van der Waals surface area (Å²) in [5, 5.41) is 7.14. The minimum absolute atomic E-state index is 0.194. The SMILES string of the molecule is Cc1ccc(C(F)(F)C2CC2)nn1. The van der Waals surface area contributed by atoms with E-state index in [1.807, 2.05) is 0 Å². The molecule has 2 nitrogen and oxygen atoms in total. The van der Waals surface area contributed by atoms with Gasteiger partial charge < -0.3 is 0 Å². The molecule has 2 rings (SSSR count). The minimum Gasteiger partial charge on any atom is -0.199 e. The van der Waals surface area contributed by atoms with Crippen LogP contribution in [0.4, 0.5) is 8.78 Å². The van der Waals surface area contributed by atoms with E-state index in [0.717, 1.165) is 0 Å². The summed E-state index contributed by atoms with van der Waals surface area (Å²) in [4.78, 5) is 0. The van der Waals surface area contributed by atoms with Crippen molar-refractivity contribution in [1.82, 2.24) is 10.2 Å². The maximum absolute atomic E-state index is 13.4. The fraction of sp³-hybridized carbons (Fsp3) is 0.556. The van der Waals surface area contributed by atoms with Gasteiger partial charge in [0.1, 0.15) is 5.69 Å². The maximum atomic E-state index is 13.4. The lowest BCUT2D eigenvalue weighted by molar-refractivity contribution is -0.0337. The molecule has 1 fully saturated rings. The number of hydrogen-bond donors (Lipinski definition) is 0. The number of rotatable bonds is 2. The summed E-state index contributed by atoms with van der Waals surface area (Å²) in [6, 6.07) is 2.93. The monoisotopic (exact) mass is 184 g/mol. The molecule has 0 N–H and O–H groups in total. The molecule has 0 aromatic carbocycles. The van der Waals surface area contributed by atoms with E-state index in [1.165, 1.54) is 6.07 Å². The Balaban J connectivity index is 2.28. The predicted molar refractivity (Wildman–Crippen MR) is 43.4 cm³/mol. The number of alkyl halides is 2. The van der Waals surface area contributed by atoms with Crippen molar-refractivity contribution < 1.29 is 8.78 Å². The number of aromatic nitrogens is 2. The third kappa shape index (κ3) is 1.53. The number of nitrogens with zero attached hydrogens (tertiary/aromatic N) is 2. The third-order valence-corrected chi connectivity index (χ3v) is 2.23. The molecule has 0 saturated heterocycles. The predicted octanol–water partition coefficient (Wildman–Crippen LogP) is 2.29. The quantitative estimate of drug-likeness (QED) is 0.704. The second kappa shape index (κ2) is 2.72. The molecule has 1 saturated carbocycles. The maximum Gasteiger partial charge on any atom is 0.294 e. The van der Waals surface area contributed by atoms with Crippen LogP contribution in [0.5, 0.6) is 0 Å². The summed E-state index contributed by atoms with van der Waals surface area (Å²) in [5.74, 6) is -3.29. The first-order valence-electron chi connectivity index (χ1n) is 4.29. The lowest BCUT2D eigenvalue weighted by Gasteiger charge is -2.13. The van der Waals surface area contributed by atoms with E-state index in [0.29, 0.717) is 18.5 Å².